The molecule has 10 heteroatoms. The number of allylic oxidation sites excluding steroid dienone is 1. The fourth-order valence-corrected chi connectivity index (χ4v) is 3.02. The first kappa shape index (κ1) is 26.6. The third kappa shape index (κ3) is 7.17. The fourth-order valence-electron chi connectivity index (χ4n) is 3.02. The van der Waals surface area contributed by atoms with E-state index in [0.717, 1.165) is 0 Å². The number of alkyl halides is 3. The van der Waals surface area contributed by atoms with Crippen molar-refractivity contribution in [2.75, 3.05) is 13.8 Å². The molecule has 0 aliphatic heterocycles. The predicted octanol–water partition coefficient (Wildman–Crippen LogP) is 4.71. The molecule has 2 rings (SSSR count). The summed E-state index contributed by atoms with van der Waals surface area (Å²) >= 11 is 0. The number of halogens is 3. The van der Waals surface area contributed by atoms with Crippen LogP contribution in [0.15, 0.2) is 65.7 Å². The van der Waals surface area contributed by atoms with Crippen molar-refractivity contribution < 1.29 is 42.1 Å². The van der Waals surface area contributed by atoms with Crippen LogP contribution in [-0.4, -0.2) is 43.0 Å². The first-order valence-electron chi connectivity index (χ1n) is 10.0. The number of ether oxygens (including phenoxy) is 3. The molecule has 34 heavy (non-hydrogen) atoms. The lowest BCUT2D eigenvalue weighted by Gasteiger charge is -2.26. The standard InChI is InChI=1S/C24H24F3NO6/c1-16(28-15-34-23(2,22(31)32-3)18-10-5-4-6-11-18)33-14-17-9-7-8-12-19(17)20(21(29)30)13-24(25,26)27/h4-13H,14-15H2,1-3H3,(H,29,30)/b20-13+,28-16?. The highest BCUT2D eigenvalue weighted by Crippen LogP contribution is 2.28. The molecule has 0 fully saturated rings. The molecule has 0 saturated heterocycles. The summed E-state index contributed by atoms with van der Waals surface area (Å²) in [6.45, 7) is 2.52. The molecule has 0 aliphatic rings. The maximum atomic E-state index is 12.8. The maximum Gasteiger partial charge on any atom is 0.410 e. The summed E-state index contributed by atoms with van der Waals surface area (Å²) in [4.78, 5) is 27.8. The molecule has 0 amide bonds. The van der Waals surface area contributed by atoms with E-state index in [1.165, 1.54) is 39.2 Å². The van der Waals surface area contributed by atoms with Crippen LogP contribution in [0.1, 0.15) is 30.5 Å². The van der Waals surface area contributed by atoms with Crippen LogP contribution in [0.25, 0.3) is 5.57 Å². The number of hydrogen-bond acceptors (Lipinski definition) is 6. The number of aliphatic carboxylic acids is 1. The number of benzene rings is 2. The van der Waals surface area contributed by atoms with E-state index in [4.69, 9.17) is 14.2 Å². The second-order valence-electron chi connectivity index (χ2n) is 7.19. The first-order chi connectivity index (χ1) is 16.0. The number of hydrogen-bond donors (Lipinski definition) is 1. The molecular formula is C24H24F3NO6. The van der Waals surface area contributed by atoms with Gasteiger partial charge in [-0.2, -0.15) is 13.2 Å². The number of rotatable bonds is 9. The number of carboxylic acid groups (broad SMARTS) is 1. The Morgan fingerprint density at radius 2 is 1.68 bits per heavy atom. The van der Waals surface area contributed by atoms with E-state index < -0.39 is 29.3 Å². The van der Waals surface area contributed by atoms with Crippen molar-refractivity contribution in [3.63, 3.8) is 0 Å². The van der Waals surface area contributed by atoms with Crippen LogP contribution in [0.4, 0.5) is 13.2 Å². The molecule has 182 valence electrons. The lowest BCUT2D eigenvalue weighted by Crippen LogP contribution is -2.37. The number of carbonyl (C=O) groups excluding carboxylic acids is 1. The fraction of sp³-hybridized carbons (Fsp3) is 0.292. The molecule has 0 aromatic heterocycles. The van der Waals surface area contributed by atoms with Crippen molar-refractivity contribution in [1.29, 1.82) is 0 Å². The van der Waals surface area contributed by atoms with Gasteiger partial charge in [-0.1, -0.05) is 54.6 Å². The Balaban J connectivity index is 2.14. The number of methoxy groups -OCH3 is 1. The average Bonchev–Trinajstić information content (AvgIpc) is 2.80. The van der Waals surface area contributed by atoms with E-state index in [0.29, 0.717) is 5.56 Å². The number of nitrogens with zero attached hydrogens (tertiary/aromatic N) is 1. The second kappa shape index (κ2) is 11.5. The van der Waals surface area contributed by atoms with Gasteiger partial charge in [0.2, 0.25) is 0 Å². The van der Waals surface area contributed by atoms with Gasteiger partial charge in [0.1, 0.15) is 13.3 Å². The Morgan fingerprint density at radius 3 is 2.26 bits per heavy atom. The Hall–Kier alpha value is -3.66. The molecule has 1 unspecified atom stereocenters. The molecular weight excluding hydrogens is 455 g/mol. The monoisotopic (exact) mass is 479 g/mol. The minimum atomic E-state index is -4.80. The summed E-state index contributed by atoms with van der Waals surface area (Å²) in [5, 5.41) is 9.26. The SMILES string of the molecule is COC(=O)C(C)(OCN=C(C)OCc1ccccc1/C(=C\C(F)(F)F)C(=O)O)c1ccccc1. The Bertz CT molecular complexity index is 1070. The highest BCUT2D eigenvalue weighted by molar-refractivity contribution is 6.16. The summed E-state index contributed by atoms with van der Waals surface area (Å²) in [5.74, 6) is -2.22. The van der Waals surface area contributed by atoms with Gasteiger partial charge in [-0.25, -0.2) is 14.6 Å². The van der Waals surface area contributed by atoms with Crippen LogP contribution in [0.3, 0.4) is 0 Å². The zero-order valence-corrected chi connectivity index (χ0v) is 18.8. The van der Waals surface area contributed by atoms with Crippen LogP contribution in [0.5, 0.6) is 0 Å². The summed E-state index contributed by atoms with van der Waals surface area (Å²) < 4.78 is 54.4. The van der Waals surface area contributed by atoms with Gasteiger partial charge in [0.25, 0.3) is 0 Å². The number of esters is 1. The van der Waals surface area contributed by atoms with Crippen molar-refractivity contribution in [3.8, 4) is 0 Å². The molecule has 0 heterocycles. The van der Waals surface area contributed by atoms with E-state index in [1.54, 1.807) is 36.4 Å². The van der Waals surface area contributed by atoms with Gasteiger partial charge >= 0.3 is 18.1 Å². The van der Waals surface area contributed by atoms with E-state index in [9.17, 15) is 27.9 Å². The van der Waals surface area contributed by atoms with Crippen molar-refractivity contribution in [3.05, 3.63) is 77.4 Å². The highest BCUT2D eigenvalue weighted by Gasteiger charge is 2.37. The topological polar surface area (TPSA) is 94.4 Å². The Kier molecular flexibility index (Phi) is 8.97. The van der Waals surface area contributed by atoms with Crippen molar-refractivity contribution >= 4 is 23.4 Å². The van der Waals surface area contributed by atoms with Gasteiger partial charge in [-0.15, -0.1) is 0 Å². The lowest BCUT2D eigenvalue weighted by molar-refractivity contribution is -0.168. The maximum absolute atomic E-state index is 12.8. The molecule has 2 aromatic carbocycles. The zero-order valence-electron chi connectivity index (χ0n) is 18.8. The van der Waals surface area contributed by atoms with Crippen LogP contribution in [0.2, 0.25) is 0 Å². The number of aliphatic imine (C=N–C) groups is 1. The van der Waals surface area contributed by atoms with Crippen LogP contribution >= 0.6 is 0 Å². The molecule has 1 atom stereocenters. The van der Waals surface area contributed by atoms with Crippen molar-refractivity contribution in [1.82, 2.24) is 0 Å². The molecule has 2 aromatic rings. The van der Waals surface area contributed by atoms with Gasteiger partial charge in [0, 0.05) is 13.0 Å². The van der Waals surface area contributed by atoms with Crippen molar-refractivity contribution in [2.45, 2.75) is 32.2 Å². The van der Waals surface area contributed by atoms with Gasteiger partial charge in [0.05, 0.1) is 12.7 Å². The average molecular weight is 479 g/mol. The summed E-state index contributed by atoms with van der Waals surface area (Å²) in [6, 6.07) is 14.4. The van der Waals surface area contributed by atoms with E-state index in [1.807, 2.05) is 0 Å². The smallest absolute Gasteiger partial charge is 0.410 e. The van der Waals surface area contributed by atoms with Gasteiger partial charge < -0.3 is 19.3 Å². The molecule has 0 aliphatic carbocycles. The Labute approximate surface area is 194 Å². The zero-order chi connectivity index (χ0) is 25.4. The van der Waals surface area contributed by atoms with Crippen LogP contribution < -0.4 is 0 Å². The first-order valence-corrected chi connectivity index (χ1v) is 10.0. The van der Waals surface area contributed by atoms with Crippen molar-refractivity contribution in [2.24, 2.45) is 4.99 Å². The van der Waals surface area contributed by atoms with Gasteiger partial charge in [0.15, 0.2) is 11.5 Å². The predicted molar refractivity (Wildman–Crippen MR) is 118 cm³/mol. The molecule has 1 N–H and O–H groups in total. The van der Waals surface area contributed by atoms with Crippen LogP contribution in [-0.2, 0) is 36.0 Å². The lowest BCUT2D eigenvalue weighted by atomic mass is 9.96. The molecule has 0 radical (unpaired) electrons. The second-order valence-corrected chi connectivity index (χ2v) is 7.19. The van der Waals surface area contributed by atoms with Gasteiger partial charge in [-0.3, -0.25) is 0 Å². The van der Waals surface area contributed by atoms with E-state index in [2.05, 4.69) is 4.99 Å². The minimum absolute atomic E-state index is 0.117. The summed E-state index contributed by atoms with van der Waals surface area (Å²) in [7, 11) is 1.24. The molecule has 0 bridgehead atoms. The van der Waals surface area contributed by atoms with Crippen LogP contribution in [0, 0.1) is 0 Å². The third-order valence-corrected chi connectivity index (χ3v) is 4.82. The highest BCUT2D eigenvalue weighted by atomic mass is 19.4. The third-order valence-electron chi connectivity index (χ3n) is 4.82. The summed E-state index contributed by atoms with van der Waals surface area (Å²) in [6.07, 6.45) is -5.07. The molecule has 0 saturated carbocycles. The number of carbonyl (C=O) groups is 2. The van der Waals surface area contributed by atoms with E-state index in [-0.39, 0.29) is 36.4 Å². The number of carboxylic acids is 1. The molecule has 0 spiro atoms. The van der Waals surface area contributed by atoms with Gasteiger partial charge in [-0.05, 0) is 23.6 Å². The quantitative estimate of drug-likeness (QED) is 0.242. The largest absolute Gasteiger partial charge is 0.478 e. The minimum Gasteiger partial charge on any atom is -0.478 e. The Morgan fingerprint density at radius 1 is 1.06 bits per heavy atom. The summed E-state index contributed by atoms with van der Waals surface area (Å²) in [5.41, 5.74) is -1.67. The molecule has 7 nitrogen and oxygen atoms in total. The normalized spacial score (nSPS) is 14.3. The van der Waals surface area contributed by atoms with E-state index >= 15 is 0 Å².